The Bertz CT molecular complexity index is 839. The number of hydrogen-bond donors (Lipinski definition) is 0. The van der Waals surface area contributed by atoms with E-state index < -0.39 is 0 Å². The molecule has 3 heterocycles. The molecule has 4 heteroatoms. The molecule has 0 radical (unpaired) electrons. The van der Waals surface area contributed by atoms with Crippen molar-refractivity contribution >= 4 is 11.2 Å². The van der Waals surface area contributed by atoms with Crippen molar-refractivity contribution in [1.82, 2.24) is 14.3 Å². The van der Waals surface area contributed by atoms with Gasteiger partial charge in [-0.2, -0.15) is 0 Å². The Balaban J connectivity index is 1.39. The summed E-state index contributed by atoms with van der Waals surface area (Å²) in [5, 5.41) is 0. The highest BCUT2D eigenvalue weighted by molar-refractivity contribution is 5.53. The predicted octanol–water partition coefficient (Wildman–Crippen LogP) is 3.60. The Kier molecular flexibility index (Phi) is 4.45. The van der Waals surface area contributed by atoms with Crippen LogP contribution in [0, 0.1) is 12.8 Å². The molecule has 2 aromatic heterocycles. The van der Waals surface area contributed by atoms with Gasteiger partial charge in [-0.3, -0.25) is 0 Å². The highest BCUT2D eigenvalue weighted by Gasteiger charge is 2.24. The van der Waals surface area contributed by atoms with Gasteiger partial charge in [0, 0.05) is 38.1 Å². The molecule has 25 heavy (non-hydrogen) atoms. The Morgan fingerprint density at radius 1 is 1.12 bits per heavy atom. The van der Waals surface area contributed by atoms with Crippen LogP contribution in [0.15, 0.2) is 54.7 Å². The number of fused-ring (bicyclic) bond motifs is 1. The van der Waals surface area contributed by atoms with Crippen LogP contribution in [0.4, 0.5) is 5.69 Å². The summed E-state index contributed by atoms with van der Waals surface area (Å²) >= 11 is 0. The highest BCUT2D eigenvalue weighted by Crippen LogP contribution is 2.24. The molecule has 0 aliphatic carbocycles. The molecule has 1 aromatic carbocycles. The van der Waals surface area contributed by atoms with Gasteiger partial charge < -0.3 is 14.2 Å². The smallest absolute Gasteiger partial charge is 0.110 e. The molecule has 1 saturated heterocycles. The van der Waals surface area contributed by atoms with Gasteiger partial charge in [-0.25, -0.2) is 4.98 Å². The third-order valence-corrected chi connectivity index (χ3v) is 5.20. The number of pyridine rings is 1. The van der Waals surface area contributed by atoms with Gasteiger partial charge in [0.15, 0.2) is 0 Å². The van der Waals surface area contributed by atoms with Crippen LogP contribution in [0.25, 0.3) is 5.52 Å². The Morgan fingerprint density at radius 3 is 2.76 bits per heavy atom. The number of rotatable bonds is 5. The average molecular weight is 334 g/mol. The number of aryl methyl sites for hydroxylation is 1. The average Bonchev–Trinajstić information content (AvgIpc) is 3.21. The van der Waals surface area contributed by atoms with Gasteiger partial charge in [0.2, 0.25) is 0 Å². The maximum atomic E-state index is 4.78. The fraction of sp³-hybridized carbons (Fsp3) is 0.381. The number of hydrogen-bond acceptors (Lipinski definition) is 3. The molecule has 0 spiro atoms. The summed E-state index contributed by atoms with van der Waals surface area (Å²) in [7, 11) is 2.22. The van der Waals surface area contributed by atoms with Crippen molar-refractivity contribution in [3.63, 3.8) is 0 Å². The molecule has 0 unspecified atom stereocenters. The lowest BCUT2D eigenvalue weighted by Gasteiger charge is -2.22. The number of imidazole rings is 1. The molecule has 1 aliphatic heterocycles. The normalized spacial score (nSPS) is 17.7. The molecule has 4 rings (SSSR count). The van der Waals surface area contributed by atoms with E-state index in [1.165, 1.54) is 23.3 Å². The Morgan fingerprint density at radius 2 is 1.92 bits per heavy atom. The summed E-state index contributed by atoms with van der Waals surface area (Å²) < 4.78 is 2.18. The van der Waals surface area contributed by atoms with E-state index >= 15 is 0 Å². The maximum Gasteiger partial charge on any atom is 0.110 e. The highest BCUT2D eigenvalue weighted by atomic mass is 15.2. The zero-order valence-electron chi connectivity index (χ0n) is 15.1. The van der Waals surface area contributed by atoms with Crippen molar-refractivity contribution in [3.8, 4) is 0 Å². The minimum atomic E-state index is 0.722. The second-order valence-electron chi connectivity index (χ2n) is 7.19. The summed E-state index contributed by atoms with van der Waals surface area (Å²) in [6.07, 6.45) is 3.36. The van der Waals surface area contributed by atoms with E-state index in [1.807, 2.05) is 0 Å². The third-order valence-electron chi connectivity index (χ3n) is 5.20. The first-order valence-corrected chi connectivity index (χ1v) is 9.12. The Labute approximate surface area is 149 Å². The monoisotopic (exact) mass is 334 g/mol. The van der Waals surface area contributed by atoms with Gasteiger partial charge in [-0.1, -0.05) is 24.3 Å². The molecule has 4 nitrogen and oxygen atoms in total. The zero-order valence-corrected chi connectivity index (χ0v) is 15.1. The number of anilines is 1. The molecular weight excluding hydrogens is 308 g/mol. The number of para-hydroxylation sites is 1. The van der Waals surface area contributed by atoms with Crippen LogP contribution in [0.5, 0.6) is 0 Å². The molecule has 3 aromatic rings. The van der Waals surface area contributed by atoms with Gasteiger partial charge in [0.25, 0.3) is 0 Å². The molecule has 0 bridgehead atoms. The van der Waals surface area contributed by atoms with Crippen LogP contribution in [-0.2, 0) is 6.54 Å². The first kappa shape index (κ1) is 16.2. The van der Waals surface area contributed by atoms with Crippen molar-refractivity contribution in [2.45, 2.75) is 19.9 Å². The van der Waals surface area contributed by atoms with Crippen molar-refractivity contribution in [3.05, 3.63) is 66.2 Å². The van der Waals surface area contributed by atoms with Crippen LogP contribution in [0.2, 0.25) is 0 Å². The van der Waals surface area contributed by atoms with Gasteiger partial charge in [0.05, 0.1) is 11.2 Å². The third kappa shape index (κ3) is 3.40. The van der Waals surface area contributed by atoms with Crippen LogP contribution in [-0.4, -0.2) is 41.0 Å². The van der Waals surface area contributed by atoms with E-state index in [0.717, 1.165) is 37.9 Å². The van der Waals surface area contributed by atoms with E-state index in [9.17, 15) is 0 Å². The largest absolute Gasteiger partial charge is 0.371 e. The quantitative estimate of drug-likeness (QED) is 0.712. The predicted molar refractivity (Wildman–Crippen MR) is 103 cm³/mol. The molecule has 130 valence electrons. The Hall–Kier alpha value is -2.33. The van der Waals surface area contributed by atoms with Gasteiger partial charge in [-0.05, 0) is 50.6 Å². The molecule has 0 N–H and O–H groups in total. The van der Waals surface area contributed by atoms with Crippen LogP contribution in [0.3, 0.4) is 0 Å². The van der Waals surface area contributed by atoms with Crippen molar-refractivity contribution in [2.75, 3.05) is 31.6 Å². The number of aromatic nitrogens is 2. The lowest BCUT2D eigenvalue weighted by molar-refractivity contribution is 0.278. The lowest BCUT2D eigenvalue weighted by Crippen LogP contribution is -2.28. The van der Waals surface area contributed by atoms with E-state index in [1.54, 1.807) is 0 Å². The van der Waals surface area contributed by atoms with E-state index in [2.05, 4.69) is 82.9 Å². The molecular formula is C21H26N4. The first-order valence-electron chi connectivity index (χ1n) is 9.12. The van der Waals surface area contributed by atoms with Crippen molar-refractivity contribution < 1.29 is 0 Å². The van der Waals surface area contributed by atoms with Crippen LogP contribution in [0.1, 0.15) is 17.9 Å². The van der Waals surface area contributed by atoms with Gasteiger partial charge in [-0.15, -0.1) is 0 Å². The molecule has 1 atom stereocenters. The lowest BCUT2D eigenvalue weighted by atomic mass is 10.1. The minimum absolute atomic E-state index is 0.722. The topological polar surface area (TPSA) is 23.8 Å². The van der Waals surface area contributed by atoms with Gasteiger partial charge in [0.1, 0.15) is 5.82 Å². The molecule has 1 fully saturated rings. The van der Waals surface area contributed by atoms with Crippen LogP contribution >= 0.6 is 0 Å². The summed E-state index contributed by atoms with van der Waals surface area (Å²) in [6.45, 7) is 6.41. The standard InChI is InChI=1S/C21H26N4/c1-17-22-20(21-10-6-7-12-25(17)21)16-23(2)14-18-11-13-24(15-18)19-8-4-3-5-9-19/h3-10,12,18H,11,13-16H2,1-2H3/t18-/m1/s1. The fourth-order valence-corrected chi connectivity index (χ4v) is 4.00. The molecule has 1 aliphatic rings. The fourth-order valence-electron chi connectivity index (χ4n) is 4.00. The van der Waals surface area contributed by atoms with E-state index in [4.69, 9.17) is 4.98 Å². The van der Waals surface area contributed by atoms with Gasteiger partial charge >= 0.3 is 0 Å². The second kappa shape index (κ2) is 6.89. The molecule has 0 saturated carbocycles. The summed E-state index contributed by atoms with van der Waals surface area (Å²) in [5.74, 6) is 1.79. The SMILES string of the molecule is Cc1nc(CN(C)C[C@H]2CCN(c3ccccc3)C2)c2ccccn12. The second-order valence-corrected chi connectivity index (χ2v) is 7.19. The summed E-state index contributed by atoms with van der Waals surface area (Å²) in [4.78, 5) is 9.71. The van der Waals surface area contributed by atoms with Crippen LogP contribution < -0.4 is 4.90 Å². The zero-order chi connectivity index (χ0) is 17.2. The number of benzene rings is 1. The maximum absolute atomic E-state index is 4.78. The molecule has 0 amide bonds. The number of nitrogens with zero attached hydrogens (tertiary/aromatic N) is 4. The summed E-state index contributed by atoms with van der Waals surface area (Å²) in [5.41, 5.74) is 3.76. The van der Waals surface area contributed by atoms with E-state index in [-0.39, 0.29) is 0 Å². The minimum Gasteiger partial charge on any atom is -0.371 e. The van der Waals surface area contributed by atoms with E-state index in [0.29, 0.717) is 0 Å². The van der Waals surface area contributed by atoms with Crippen molar-refractivity contribution in [2.24, 2.45) is 5.92 Å². The first-order chi connectivity index (χ1) is 12.2. The van der Waals surface area contributed by atoms with Crippen molar-refractivity contribution in [1.29, 1.82) is 0 Å². The summed E-state index contributed by atoms with van der Waals surface area (Å²) in [6, 6.07) is 17.1.